The average Bonchev–Trinajstić information content (AvgIpc) is 2.85. The predicted molar refractivity (Wildman–Crippen MR) is 85.8 cm³/mol. The molecule has 0 saturated carbocycles. The lowest BCUT2D eigenvalue weighted by Gasteiger charge is -2.23. The minimum absolute atomic E-state index is 0.182. The van der Waals surface area contributed by atoms with Gasteiger partial charge >= 0.3 is 0 Å². The van der Waals surface area contributed by atoms with Crippen LogP contribution in [-0.2, 0) is 13.0 Å². The van der Waals surface area contributed by atoms with Crippen molar-refractivity contribution in [1.29, 1.82) is 0 Å². The summed E-state index contributed by atoms with van der Waals surface area (Å²) < 4.78 is 22.4. The van der Waals surface area contributed by atoms with E-state index >= 15 is 0 Å². The van der Waals surface area contributed by atoms with Gasteiger partial charge in [0.25, 0.3) is 0 Å². The highest BCUT2D eigenvalue weighted by molar-refractivity contribution is 5.67. The lowest BCUT2D eigenvalue weighted by Crippen LogP contribution is -2.23. The Labute approximate surface area is 131 Å². The molecule has 1 aromatic carbocycles. The smallest absolute Gasteiger partial charge is 0.216 e. The summed E-state index contributed by atoms with van der Waals surface area (Å²) in [6.07, 6.45) is 1.94. The van der Waals surface area contributed by atoms with E-state index in [0.717, 1.165) is 42.1 Å². The monoisotopic (exact) mass is 302 g/mol. The van der Waals surface area contributed by atoms with Crippen LogP contribution in [0.5, 0.6) is 5.88 Å². The summed E-state index contributed by atoms with van der Waals surface area (Å²) in [6.45, 7) is 9.12. The van der Waals surface area contributed by atoms with Crippen LogP contribution < -0.4 is 4.74 Å². The summed E-state index contributed by atoms with van der Waals surface area (Å²) in [5.74, 6) is 0.835. The Bertz CT molecular complexity index is 691. The third kappa shape index (κ3) is 2.51. The number of halogens is 1. The largest absolute Gasteiger partial charge is 0.475 e. The molecule has 0 spiro atoms. The van der Waals surface area contributed by atoms with Crippen LogP contribution in [0.4, 0.5) is 4.39 Å². The Morgan fingerprint density at radius 1 is 1.41 bits per heavy atom. The second-order valence-electron chi connectivity index (χ2n) is 6.33. The molecule has 1 aliphatic rings. The molecule has 0 radical (unpaired) electrons. The van der Waals surface area contributed by atoms with Crippen molar-refractivity contribution in [2.24, 2.45) is 0 Å². The van der Waals surface area contributed by atoms with Crippen molar-refractivity contribution in [2.45, 2.75) is 59.1 Å². The molecule has 1 aliphatic heterocycles. The topological polar surface area (TPSA) is 27.1 Å². The van der Waals surface area contributed by atoms with Gasteiger partial charge in [-0.3, -0.25) is 0 Å². The Morgan fingerprint density at radius 2 is 2.18 bits per heavy atom. The minimum Gasteiger partial charge on any atom is -0.475 e. The molecular weight excluding hydrogens is 279 g/mol. The number of ether oxygens (including phenoxy) is 1. The van der Waals surface area contributed by atoms with Crippen molar-refractivity contribution in [1.82, 2.24) is 9.78 Å². The van der Waals surface area contributed by atoms with E-state index in [4.69, 9.17) is 4.74 Å². The molecule has 118 valence electrons. The second kappa shape index (κ2) is 5.75. The van der Waals surface area contributed by atoms with Gasteiger partial charge in [0.05, 0.1) is 6.10 Å². The van der Waals surface area contributed by atoms with Crippen molar-refractivity contribution in [3.8, 4) is 17.1 Å². The molecule has 0 bridgehead atoms. The zero-order chi connectivity index (χ0) is 15.9. The lowest BCUT2D eigenvalue weighted by molar-refractivity contribution is 0.147. The molecule has 4 heteroatoms. The minimum atomic E-state index is -0.204. The second-order valence-corrected chi connectivity index (χ2v) is 6.33. The molecule has 0 amide bonds. The third-order valence-corrected chi connectivity index (χ3v) is 4.28. The van der Waals surface area contributed by atoms with Crippen LogP contribution in [0.3, 0.4) is 0 Å². The van der Waals surface area contributed by atoms with E-state index in [-0.39, 0.29) is 17.8 Å². The van der Waals surface area contributed by atoms with Gasteiger partial charge in [0, 0.05) is 24.1 Å². The number of hydrogen-bond donors (Lipinski definition) is 0. The van der Waals surface area contributed by atoms with Gasteiger partial charge in [-0.2, -0.15) is 5.10 Å². The first-order valence-electron chi connectivity index (χ1n) is 8.07. The van der Waals surface area contributed by atoms with E-state index in [9.17, 15) is 4.39 Å². The Hall–Kier alpha value is -1.84. The first-order valence-corrected chi connectivity index (χ1v) is 8.07. The molecule has 0 N–H and O–H groups in total. The third-order valence-electron chi connectivity index (χ3n) is 4.28. The van der Waals surface area contributed by atoms with Gasteiger partial charge in [0.1, 0.15) is 11.5 Å². The maximum absolute atomic E-state index is 14.5. The molecule has 2 aromatic rings. The summed E-state index contributed by atoms with van der Waals surface area (Å²) in [7, 11) is 0. The van der Waals surface area contributed by atoms with Crippen LogP contribution in [0.2, 0.25) is 0 Å². The highest BCUT2D eigenvalue weighted by Crippen LogP contribution is 2.39. The number of benzene rings is 1. The number of aromatic nitrogens is 2. The molecule has 3 nitrogen and oxygen atoms in total. The summed E-state index contributed by atoms with van der Waals surface area (Å²) in [5, 5.41) is 4.64. The quantitative estimate of drug-likeness (QED) is 0.832. The predicted octanol–water partition coefficient (Wildman–Crippen LogP) is 4.55. The van der Waals surface area contributed by atoms with Gasteiger partial charge in [-0.15, -0.1) is 0 Å². The highest BCUT2D eigenvalue weighted by Gasteiger charge is 2.28. The van der Waals surface area contributed by atoms with E-state index in [2.05, 4.69) is 25.9 Å². The molecule has 22 heavy (non-hydrogen) atoms. The Kier molecular flexibility index (Phi) is 3.94. The maximum atomic E-state index is 14.5. The normalized spacial score (nSPS) is 17.5. The zero-order valence-electron chi connectivity index (χ0n) is 13.7. The van der Waals surface area contributed by atoms with Crippen LogP contribution in [0, 0.1) is 5.82 Å². The fraction of sp³-hybridized carbons (Fsp3) is 0.500. The molecule has 2 heterocycles. The van der Waals surface area contributed by atoms with Crippen molar-refractivity contribution in [3.05, 3.63) is 35.1 Å². The average molecular weight is 302 g/mol. The van der Waals surface area contributed by atoms with E-state index in [0.29, 0.717) is 5.56 Å². The van der Waals surface area contributed by atoms with E-state index in [1.807, 2.05) is 23.7 Å². The van der Waals surface area contributed by atoms with Gasteiger partial charge in [-0.25, -0.2) is 9.07 Å². The summed E-state index contributed by atoms with van der Waals surface area (Å²) in [4.78, 5) is 0. The van der Waals surface area contributed by atoms with Crippen molar-refractivity contribution < 1.29 is 9.13 Å². The summed E-state index contributed by atoms with van der Waals surface area (Å²) >= 11 is 0. The van der Waals surface area contributed by atoms with Gasteiger partial charge in [0.2, 0.25) is 5.88 Å². The van der Waals surface area contributed by atoms with Crippen LogP contribution in [0.1, 0.15) is 51.2 Å². The van der Waals surface area contributed by atoms with Crippen molar-refractivity contribution >= 4 is 0 Å². The number of rotatable bonds is 3. The lowest BCUT2D eigenvalue weighted by atomic mass is 9.97. The highest BCUT2D eigenvalue weighted by atomic mass is 19.1. The van der Waals surface area contributed by atoms with Gasteiger partial charge in [-0.1, -0.05) is 26.8 Å². The molecule has 0 aliphatic carbocycles. The number of hydrogen-bond acceptors (Lipinski definition) is 2. The van der Waals surface area contributed by atoms with Crippen LogP contribution >= 0.6 is 0 Å². The van der Waals surface area contributed by atoms with Crippen LogP contribution in [0.15, 0.2) is 18.2 Å². The number of aryl methyl sites for hydroxylation is 2. The fourth-order valence-corrected chi connectivity index (χ4v) is 2.98. The molecular formula is C18H23FN2O. The molecule has 0 saturated heterocycles. The summed E-state index contributed by atoms with van der Waals surface area (Å²) in [5.41, 5.74) is 3.30. The SMILES string of the molecule is CCc1ccc(-c2nn3c(c2C(C)C)O[C@H](C)CC3)c(F)c1. The fourth-order valence-electron chi connectivity index (χ4n) is 2.98. The first-order chi connectivity index (χ1) is 10.5. The molecule has 1 atom stereocenters. The summed E-state index contributed by atoms with van der Waals surface area (Å²) in [6, 6.07) is 5.43. The van der Waals surface area contributed by atoms with Crippen molar-refractivity contribution in [2.75, 3.05) is 0 Å². The van der Waals surface area contributed by atoms with Crippen molar-refractivity contribution in [3.63, 3.8) is 0 Å². The molecule has 0 fully saturated rings. The van der Waals surface area contributed by atoms with Crippen LogP contribution in [-0.4, -0.2) is 15.9 Å². The van der Waals surface area contributed by atoms with Gasteiger partial charge < -0.3 is 4.74 Å². The molecule has 1 aromatic heterocycles. The van der Waals surface area contributed by atoms with Gasteiger partial charge in [-0.05, 0) is 37.0 Å². The number of fused-ring (bicyclic) bond motifs is 1. The number of nitrogens with zero attached hydrogens (tertiary/aromatic N) is 2. The maximum Gasteiger partial charge on any atom is 0.216 e. The van der Waals surface area contributed by atoms with E-state index in [1.165, 1.54) is 0 Å². The van der Waals surface area contributed by atoms with E-state index in [1.54, 1.807) is 6.07 Å². The Morgan fingerprint density at radius 3 is 2.82 bits per heavy atom. The molecule has 3 rings (SSSR count). The van der Waals surface area contributed by atoms with Gasteiger partial charge in [0.15, 0.2) is 0 Å². The van der Waals surface area contributed by atoms with Crippen LogP contribution in [0.25, 0.3) is 11.3 Å². The molecule has 0 unspecified atom stereocenters. The Balaban J connectivity index is 2.15. The van der Waals surface area contributed by atoms with E-state index < -0.39 is 0 Å². The standard InChI is InChI=1S/C18H23FN2O/c1-5-13-6-7-14(15(19)10-13)17-16(11(2)3)18-21(20-17)9-8-12(4)22-18/h6-7,10-12H,5,8-9H2,1-4H3/t12-/m1/s1. The zero-order valence-corrected chi connectivity index (χ0v) is 13.7. The first kappa shape index (κ1) is 15.1.